The standard InChI is InChI=1S/C13H20N2O/c1-13(2)10-15(7-8-16-13)12-5-3-11(9-14)4-6-12/h3-6H,7-10,14H2,1-2H3. The molecule has 1 aliphatic heterocycles. The Labute approximate surface area is 97.2 Å². The molecule has 3 nitrogen and oxygen atoms in total. The summed E-state index contributed by atoms with van der Waals surface area (Å²) in [6, 6.07) is 8.47. The Balaban J connectivity index is 2.11. The summed E-state index contributed by atoms with van der Waals surface area (Å²) in [5.41, 5.74) is 7.97. The van der Waals surface area contributed by atoms with Crippen molar-refractivity contribution in [3.8, 4) is 0 Å². The molecule has 1 aromatic carbocycles. The summed E-state index contributed by atoms with van der Waals surface area (Å²) in [4.78, 5) is 2.36. The number of benzene rings is 1. The smallest absolute Gasteiger partial charge is 0.0801 e. The lowest BCUT2D eigenvalue weighted by Crippen LogP contribution is -2.48. The fourth-order valence-corrected chi connectivity index (χ4v) is 2.08. The van der Waals surface area contributed by atoms with Crippen LogP contribution in [0.15, 0.2) is 24.3 Å². The molecule has 2 rings (SSSR count). The Morgan fingerprint density at radius 3 is 2.56 bits per heavy atom. The molecule has 1 aromatic rings. The van der Waals surface area contributed by atoms with E-state index in [-0.39, 0.29) is 5.60 Å². The van der Waals surface area contributed by atoms with E-state index < -0.39 is 0 Å². The Bertz CT molecular complexity index is 345. The van der Waals surface area contributed by atoms with Crippen molar-refractivity contribution in [2.75, 3.05) is 24.6 Å². The highest BCUT2D eigenvalue weighted by molar-refractivity contribution is 5.48. The topological polar surface area (TPSA) is 38.5 Å². The summed E-state index contributed by atoms with van der Waals surface area (Å²) >= 11 is 0. The second-order valence-electron chi connectivity index (χ2n) is 4.90. The molecule has 0 unspecified atom stereocenters. The predicted molar refractivity (Wildman–Crippen MR) is 66.6 cm³/mol. The van der Waals surface area contributed by atoms with Gasteiger partial charge < -0.3 is 15.4 Å². The number of morpholine rings is 1. The Morgan fingerprint density at radius 1 is 1.31 bits per heavy atom. The minimum Gasteiger partial charge on any atom is -0.372 e. The van der Waals surface area contributed by atoms with Crippen LogP contribution in [0.1, 0.15) is 19.4 Å². The van der Waals surface area contributed by atoms with Gasteiger partial charge in [0.25, 0.3) is 0 Å². The van der Waals surface area contributed by atoms with Crippen molar-refractivity contribution >= 4 is 5.69 Å². The number of hydrogen-bond donors (Lipinski definition) is 1. The Hall–Kier alpha value is -1.06. The molecule has 16 heavy (non-hydrogen) atoms. The highest BCUT2D eigenvalue weighted by atomic mass is 16.5. The first-order valence-corrected chi connectivity index (χ1v) is 5.79. The average Bonchev–Trinajstić information content (AvgIpc) is 2.28. The summed E-state index contributed by atoms with van der Waals surface area (Å²) < 4.78 is 5.70. The molecule has 0 radical (unpaired) electrons. The summed E-state index contributed by atoms with van der Waals surface area (Å²) in [5, 5.41) is 0. The molecule has 0 amide bonds. The summed E-state index contributed by atoms with van der Waals surface area (Å²) in [6.45, 7) is 7.57. The molecule has 3 heteroatoms. The summed E-state index contributed by atoms with van der Waals surface area (Å²) in [6.07, 6.45) is 0. The quantitative estimate of drug-likeness (QED) is 0.825. The van der Waals surface area contributed by atoms with Crippen molar-refractivity contribution < 1.29 is 4.74 Å². The first-order chi connectivity index (χ1) is 7.61. The van der Waals surface area contributed by atoms with Gasteiger partial charge >= 0.3 is 0 Å². The first kappa shape index (κ1) is 11.4. The highest BCUT2D eigenvalue weighted by Gasteiger charge is 2.27. The van der Waals surface area contributed by atoms with Crippen molar-refractivity contribution in [1.29, 1.82) is 0 Å². The van der Waals surface area contributed by atoms with Crippen molar-refractivity contribution in [1.82, 2.24) is 0 Å². The van der Waals surface area contributed by atoms with Gasteiger partial charge in [0.05, 0.1) is 12.2 Å². The summed E-state index contributed by atoms with van der Waals surface area (Å²) in [5.74, 6) is 0. The van der Waals surface area contributed by atoms with Crippen molar-refractivity contribution in [3.05, 3.63) is 29.8 Å². The molecular weight excluding hydrogens is 200 g/mol. The molecule has 1 fully saturated rings. The maximum absolute atomic E-state index is 5.70. The van der Waals surface area contributed by atoms with Gasteiger partial charge in [-0.05, 0) is 31.5 Å². The Kier molecular flexibility index (Phi) is 3.17. The van der Waals surface area contributed by atoms with Crippen LogP contribution in [-0.2, 0) is 11.3 Å². The highest BCUT2D eigenvalue weighted by Crippen LogP contribution is 2.23. The number of anilines is 1. The molecule has 0 atom stereocenters. The number of nitrogens with two attached hydrogens (primary N) is 1. The molecule has 1 saturated heterocycles. The molecular formula is C13H20N2O. The van der Waals surface area contributed by atoms with Gasteiger partial charge in [0.1, 0.15) is 0 Å². The lowest BCUT2D eigenvalue weighted by Gasteiger charge is -2.39. The second-order valence-corrected chi connectivity index (χ2v) is 4.90. The second kappa shape index (κ2) is 4.44. The molecule has 1 aliphatic rings. The zero-order valence-electron chi connectivity index (χ0n) is 10.1. The van der Waals surface area contributed by atoms with Gasteiger partial charge in [-0.1, -0.05) is 12.1 Å². The molecule has 2 N–H and O–H groups in total. The minimum absolute atomic E-state index is 0.0508. The van der Waals surface area contributed by atoms with E-state index in [4.69, 9.17) is 10.5 Å². The van der Waals surface area contributed by atoms with Gasteiger partial charge in [0.15, 0.2) is 0 Å². The van der Waals surface area contributed by atoms with Gasteiger partial charge in [-0.2, -0.15) is 0 Å². The van der Waals surface area contributed by atoms with Gasteiger partial charge in [0.2, 0.25) is 0 Å². The molecule has 0 spiro atoms. The molecule has 0 aromatic heterocycles. The maximum Gasteiger partial charge on any atom is 0.0801 e. The third-order valence-electron chi connectivity index (χ3n) is 2.96. The predicted octanol–water partition coefficient (Wildman–Crippen LogP) is 1.76. The zero-order valence-corrected chi connectivity index (χ0v) is 10.1. The Morgan fingerprint density at radius 2 is 2.00 bits per heavy atom. The SMILES string of the molecule is CC1(C)CN(c2ccc(CN)cc2)CCO1. The van der Waals surface area contributed by atoms with Crippen LogP contribution in [0.5, 0.6) is 0 Å². The van der Waals surface area contributed by atoms with Crippen LogP contribution in [0.4, 0.5) is 5.69 Å². The van der Waals surface area contributed by atoms with Crippen LogP contribution >= 0.6 is 0 Å². The van der Waals surface area contributed by atoms with Crippen LogP contribution < -0.4 is 10.6 Å². The zero-order chi connectivity index (χ0) is 11.6. The van der Waals surface area contributed by atoms with Gasteiger partial charge in [-0.3, -0.25) is 0 Å². The number of hydrogen-bond acceptors (Lipinski definition) is 3. The van der Waals surface area contributed by atoms with Crippen molar-refractivity contribution in [2.45, 2.75) is 26.0 Å². The van der Waals surface area contributed by atoms with E-state index in [2.05, 4.69) is 43.0 Å². The van der Waals surface area contributed by atoms with E-state index >= 15 is 0 Å². The van der Waals surface area contributed by atoms with Crippen LogP contribution in [-0.4, -0.2) is 25.3 Å². The van der Waals surface area contributed by atoms with Gasteiger partial charge in [0, 0.05) is 25.3 Å². The summed E-state index contributed by atoms with van der Waals surface area (Å²) in [7, 11) is 0. The lowest BCUT2D eigenvalue weighted by molar-refractivity contribution is -0.0276. The van der Waals surface area contributed by atoms with Gasteiger partial charge in [-0.25, -0.2) is 0 Å². The molecule has 1 heterocycles. The van der Waals surface area contributed by atoms with Crippen LogP contribution in [0.2, 0.25) is 0 Å². The van der Waals surface area contributed by atoms with E-state index in [1.54, 1.807) is 0 Å². The van der Waals surface area contributed by atoms with E-state index in [0.717, 1.165) is 19.7 Å². The monoisotopic (exact) mass is 220 g/mol. The largest absolute Gasteiger partial charge is 0.372 e. The molecule has 88 valence electrons. The number of rotatable bonds is 2. The average molecular weight is 220 g/mol. The van der Waals surface area contributed by atoms with E-state index in [1.807, 2.05) is 0 Å². The first-order valence-electron chi connectivity index (χ1n) is 5.79. The third-order valence-corrected chi connectivity index (χ3v) is 2.96. The van der Waals surface area contributed by atoms with Crippen molar-refractivity contribution in [3.63, 3.8) is 0 Å². The number of nitrogens with zero attached hydrogens (tertiary/aromatic N) is 1. The maximum atomic E-state index is 5.70. The molecule has 0 bridgehead atoms. The third kappa shape index (κ3) is 2.54. The molecule has 0 aliphatic carbocycles. The molecule has 0 saturated carbocycles. The van der Waals surface area contributed by atoms with Crippen molar-refractivity contribution in [2.24, 2.45) is 5.73 Å². The normalized spacial score (nSPS) is 19.8. The van der Waals surface area contributed by atoms with E-state index in [0.29, 0.717) is 6.54 Å². The lowest BCUT2D eigenvalue weighted by atomic mass is 10.1. The van der Waals surface area contributed by atoms with Crippen LogP contribution in [0, 0.1) is 0 Å². The van der Waals surface area contributed by atoms with Crippen LogP contribution in [0.25, 0.3) is 0 Å². The fourth-order valence-electron chi connectivity index (χ4n) is 2.08. The fraction of sp³-hybridized carbons (Fsp3) is 0.538. The van der Waals surface area contributed by atoms with Gasteiger partial charge in [-0.15, -0.1) is 0 Å². The van der Waals surface area contributed by atoms with E-state index in [1.165, 1.54) is 11.3 Å². The minimum atomic E-state index is -0.0508. The number of ether oxygens (including phenoxy) is 1. The van der Waals surface area contributed by atoms with Crippen LogP contribution in [0.3, 0.4) is 0 Å². The van der Waals surface area contributed by atoms with E-state index in [9.17, 15) is 0 Å².